The van der Waals surface area contributed by atoms with Crippen LogP contribution in [0.1, 0.15) is 50.0 Å². The number of esters is 1. The van der Waals surface area contributed by atoms with Gasteiger partial charge in [0.25, 0.3) is 0 Å². The van der Waals surface area contributed by atoms with E-state index in [1.165, 1.54) is 12.7 Å². The molecule has 0 aromatic heterocycles. The van der Waals surface area contributed by atoms with Crippen molar-refractivity contribution < 1.29 is 14.3 Å². The minimum atomic E-state index is -0.108. The number of hydrogen-bond acceptors (Lipinski definition) is 4. The number of nitrogens with one attached hydrogen (secondary N) is 2. The van der Waals surface area contributed by atoms with E-state index in [1.807, 2.05) is 12.1 Å². The van der Waals surface area contributed by atoms with Crippen LogP contribution in [0, 0.1) is 5.92 Å². The molecule has 5 nitrogen and oxygen atoms in total. The van der Waals surface area contributed by atoms with Crippen molar-refractivity contribution in [2.45, 2.75) is 44.4 Å². The topological polar surface area (TPSA) is 67.4 Å². The van der Waals surface area contributed by atoms with Crippen molar-refractivity contribution in [2.24, 2.45) is 5.92 Å². The molecule has 1 aromatic rings. The highest BCUT2D eigenvalue weighted by atomic mass is 35.5. The molecule has 24 heavy (non-hydrogen) atoms. The third-order valence-electron chi connectivity index (χ3n) is 4.64. The van der Waals surface area contributed by atoms with Crippen LogP contribution in [0.25, 0.3) is 0 Å². The van der Waals surface area contributed by atoms with Gasteiger partial charge in [0.1, 0.15) is 0 Å². The Morgan fingerprint density at radius 3 is 2.42 bits per heavy atom. The lowest BCUT2D eigenvalue weighted by Crippen LogP contribution is -2.17. The third-order valence-corrected chi connectivity index (χ3v) is 4.83. The first-order valence-electron chi connectivity index (χ1n) is 8.42. The lowest BCUT2D eigenvalue weighted by atomic mass is 9.77. The van der Waals surface area contributed by atoms with E-state index in [1.54, 1.807) is 0 Å². The molecule has 1 saturated carbocycles. The van der Waals surface area contributed by atoms with Gasteiger partial charge in [0, 0.05) is 25.1 Å². The van der Waals surface area contributed by atoms with Crippen LogP contribution in [0.3, 0.4) is 0 Å². The number of carbonyl (C=O) groups is 2. The van der Waals surface area contributed by atoms with E-state index in [0.29, 0.717) is 31.2 Å². The lowest BCUT2D eigenvalue weighted by Gasteiger charge is -2.28. The van der Waals surface area contributed by atoms with Crippen LogP contribution in [0.4, 0.5) is 5.69 Å². The molecule has 0 aliphatic heterocycles. The quantitative estimate of drug-likeness (QED) is 0.581. The van der Waals surface area contributed by atoms with Crippen LogP contribution < -0.4 is 10.2 Å². The first kappa shape index (κ1) is 18.7. The van der Waals surface area contributed by atoms with Gasteiger partial charge in [0.05, 0.1) is 7.11 Å². The molecule has 2 rings (SSSR count). The Bertz CT molecular complexity index is 540. The largest absolute Gasteiger partial charge is 0.469 e. The number of halogens is 1. The van der Waals surface area contributed by atoms with Gasteiger partial charge in [-0.3, -0.25) is 9.59 Å². The van der Waals surface area contributed by atoms with Gasteiger partial charge >= 0.3 is 5.97 Å². The molecule has 0 bridgehead atoms. The van der Waals surface area contributed by atoms with E-state index in [9.17, 15) is 9.59 Å². The van der Waals surface area contributed by atoms with E-state index in [0.717, 1.165) is 31.4 Å². The van der Waals surface area contributed by atoms with Crippen LogP contribution in [0.15, 0.2) is 24.3 Å². The molecule has 0 saturated heterocycles. The molecular formula is C18H25ClN2O3. The van der Waals surface area contributed by atoms with Crippen LogP contribution >= 0.6 is 11.8 Å². The van der Waals surface area contributed by atoms with Gasteiger partial charge in [0.2, 0.25) is 5.91 Å². The highest BCUT2D eigenvalue weighted by Gasteiger charge is 2.24. The fraction of sp³-hybridized carbons (Fsp3) is 0.556. The molecule has 1 amide bonds. The zero-order chi connectivity index (χ0) is 17.4. The van der Waals surface area contributed by atoms with Gasteiger partial charge in [-0.05, 0) is 67.0 Å². The summed E-state index contributed by atoms with van der Waals surface area (Å²) in [6, 6.07) is 8.06. The molecule has 0 radical (unpaired) electrons. The number of anilines is 1. The van der Waals surface area contributed by atoms with Gasteiger partial charge in [-0.1, -0.05) is 12.1 Å². The maximum Gasteiger partial charge on any atom is 0.305 e. The van der Waals surface area contributed by atoms with E-state index < -0.39 is 0 Å². The predicted octanol–water partition coefficient (Wildman–Crippen LogP) is 3.60. The van der Waals surface area contributed by atoms with Gasteiger partial charge in [0.15, 0.2) is 0 Å². The van der Waals surface area contributed by atoms with E-state index >= 15 is 0 Å². The predicted molar refractivity (Wildman–Crippen MR) is 94.9 cm³/mol. The zero-order valence-corrected chi connectivity index (χ0v) is 14.8. The van der Waals surface area contributed by atoms with E-state index in [2.05, 4.69) is 22.3 Å². The molecule has 2 N–H and O–H groups in total. The van der Waals surface area contributed by atoms with E-state index in [4.69, 9.17) is 16.5 Å². The van der Waals surface area contributed by atoms with Gasteiger partial charge in [-0.25, -0.2) is 4.84 Å². The molecule has 0 atom stereocenters. The van der Waals surface area contributed by atoms with Crippen molar-refractivity contribution in [3.8, 4) is 0 Å². The average Bonchev–Trinajstić information content (AvgIpc) is 2.61. The van der Waals surface area contributed by atoms with Gasteiger partial charge < -0.3 is 10.1 Å². The first-order chi connectivity index (χ1) is 11.6. The molecule has 0 unspecified atom stereocenters. The summed E-state index contributed by atoms with van der Waals surface area (Å²) in [6.07, 6.45) is 5.18. The van der Waals surface area contributed by atoms with Crippen LogP contribution in [0.5, 0.6) is 0 Å². The number of hydrogen-bond donors (Lipinski definition) is 2. The summed E-state index contributed by atoms with van der Waals surface area (Å²) in [5.41, 5.74) is 2.10. The van der Waals surface area contributed by atoms with Crippen molar-refractivity contribution in [3.63, 3.8) is 0 Å². The first-order valence-corrected chi connectivity index (χ1v) is 8.80. The normalized spacial score (nSPS) is 20.4. The molecule has 132 valence electrons. The Morgan fingerprint density at radius 1 is 1.17 bits per heavy atom. The SMILES string of the molecule is COC(=O)CC1CCC(c2ccc(NC(=O)CCNCl)cc2)CC1. The second-order valence-corrected chi connectivity index (χ2v) is 6.57. The number of carbonyl (C=O) groups excluding carboxylic acids is 2. The Kier molecular flexibility index (Phi) is 7.53. The summed E-state index contributed by atoms with van der Waals surface area (Å²) >= 11 is 5.35. The lowest BCUT2D eigenvalue weighted by molar-refractivity contribution is -0.142. The Hall–Kier alpha value is -1.59. The summed E-state index contributed by atoms with van der Waals surface area (Å²) in [5.74, 6) is 0.814. The maximum atomic E-state index is 11.7. The molecule has 1 aliphatic rings. The highest BCUT2D eigenvalue weighted by Crippen LogP contribution is 2.37. The average molecular weight is 353 g/mol. The number of amides is 1. The molecule has 1 aromatic carbocycles. The van der Waals surface area contributed by atoms with Crippen molar-refractivity contribution >= 4 is 29.3 Å². The monoisotopic (exact) mass is 352 g/mol. The van der Waals surface area contributed by atoms with Crippen molar-refractivity contribution in [1.29, 1.82) is 0 Å². The number of ether oxygens (including phenoxy) is 1. The fourth-order valence-corrected chi connectivity index (χ4v) is 3.34. The summed E-state index contributed by atoms with van der Waals surface area (Å²) < 4.78 is 4.75. The van der Waals surface area contributed by atoms with Crippen LogP contribution in [-0.2, 0) is 14.3 Å². The molecule has 1 fully saturated rings. The minimum absolute atomic E-state index is 0.0563. The zero-order valence-electron chi connectivity index (χ0n) is 14.0. The Morgan fingerprint density at radius 2 is 1.83 bits per heavy atom. The number of benzene rings is 1. The van der Waals surface area contributed by atoms with Gasteiger partial charge in [-0.15, -0.1) is 0 Å². The second kappa shape index (κ2) is 9.64. The minimum Gasteiger partial charge on any atom is -0.469 e. The molecule has 6 heteroatoms. The fourth-order valence-electron chi connectivity index (χ4n) is 3.24. The van der Waals surface area contributed by atoms with Crippen molar-refractivity contribution in [1.82, 2.24) is 4.84 Å². The molecule has 1 aliphatic carbocycles. The smallest absolute Gasteiger partial charge is 0.305 e. The molecular weight excluding hydrogens is 328 g/mol. The summed E-state index contributed by atoms with van der Waals surface area (Å²) in [4.78, 5) is 25.5. The van der Waals surface area contributed by atoms with Crippen LogP contribution in [-0.4, -0.2) is 25.5 Å². The molecule has 0 spiro atoms. The summed E-state index contributed by atoms with van der Waals surface area (Å²) in [7, 11) is 1.44. The Labute approximate surface area is 148 Å². The van der Waals surface area contributed by atoms with Crippen molar-refractivity contribution in [2.75, 3.05) is 19.0 Å². The third kappa shape index (κ3) is 5.80. The number of methoxy groups -OCH3 is 1. The van der Waals surface area contributed by atoms with Gasteiger partial charge in [-0.2, -0.15) is 0 Å². The van der Waals surface area contributed by atoms with Crippen LogP contribution in [0.2, 0.25) is 0 Å². The van der Waals surface area contributed by atoms with Crippen molar-refractivity contribution in [3.05, 3.63) is 29.8 Å². The molecule has 0 heterocycles. The number of rotatable bonds is 7. The maximum absolute atomic E-state index is 11.7. The standard InChI is InChI=1S/C18H25ClN2O3/c1-24-18(23)12-13-2-4-14(5-3-13)15-6-8-16(9-7-15)21-17(22)10-11-20-19/h6-9,13-14,20H,2-5,10-12H2,1H3,(H,21,22). The second-order valence-electron chi connectivity index (χ2n) is 6.30. The van der Waals surface area contributed by atoms with E-state index in [-0.39, 0.29) is 11.9 Å². The highest BCUT2D eigenvalue weighted by molar-refractivity contribution is 6.13. The summed E-state index contributed by atoms with van der Waals surface area (Å²) in [5, 5.41) is 2.85. The Balaban J connectivity index is 1.81. The summed E-state index contributed by atoms with van der Waals surface area (Å²) in [6.45, 7) is 0.445.